The second-order valence-corrected chi connectivity index (χ2v) is 2.70. The minimum absolute atomic E-state index is 0.0972. The Morgan fingerprint density at radius 2 is 2.30 bits per heavy atom. The topological polar surface area (TPSA) is 38.3 Å². The first-order valence-electron chi connectivity index (χ1n) is 3.62. The van der Waals surface area contributed by atoms with Crippen LogP contribution in [-0.4, -0.2) is 19.2 Å². The molecular formula is C7H13NO2. The van der Waals surface area contributed by atoms with Crippen molar-refractivity contribution in [2.24, 2.45) is 5.92 Å². The zero-order valence-electron chi connectivity index (χ0n) is 6.39. The molecule has 1 rings (SSSR count). The summed E-state index contributed by atoms with van der Waals surface area (Å²) in [6, 6.07) is 0. The molecule has 1 aliphatic carbocycles. The summed E-state index contributed by atoms with van der Waals surface area (Å²) < 4.78 is 4.97. The van der Waals surface area contributed by atoms with E-state index in [9.17, 15) is 4.79 Å². The Morgan fingerprint density at radius 3 is 2.70 bits per heavy atom. The van der Waals surface area contributed by atoms with E-state index in [1.54, 1.807) is 7.05 Å². The molecule has 1 aliphatic rings. The third-order valence-corrected chi connectivity index (χ3v) is 1.78. The Balaban J connectivity index is 2.16. The highest BCUT2D eigenvalue weighted by atomic mass is 16.6. The first-order valence-corrected chi connectivity index (χ1v) is 3.62. The van der Waals surface area contributed by atoms with Crippen LogP contribution in [0.5, 0.6) is 0 Å². The third-order valence-electron chi connectivity index (χ3n) is 1.78. The second-order valence-electron chi connectivity index (χ2n) is 2.70. The van der Waals surface area contributed by atoms with Gasteiger partial charge in [-0.3, -0.25) is 0 Å². The SMILES string of the molecule is CNC(=O)O[C@H](C)C1CC1. The van der Waals surface area contributed by atoms with Gasteiger partial charge in [0.15, 0.2) is 0 Å². The minimum Gasteiger partial charge on any atom is -0.446 e. The average Bonchev–Trinajstić information content (AvgIpc) is 2.68. The molecule has 0 bridgehead atoms. The highest BCUT2D eigenvalue weighted by molar-refractivity contribution is 5.66. The van der Waals surface area contributed by atoms with E-state index in [1.807, 2.05) is 6.92 Å². The van der Waals surface area contributed by atoms with Crippen LogP contribution in [0.2, 0.25) is 0 Å². The predicted molar refractivity (Wildman–Crippen MR) is 37.7 cm³/mol. The maximum atomic E-state index is 10.6. The van der Waals surface area contributed by atoms with E-state index in [0.717, 1.165) is 0 Å². The summed E-state index contributed by atoms with van der Waals surface area (Å²) in [5, 5.41) is 2.42. The first kappa shape index (κ1) is 7.38. The Hall–Kier alpha value is -0.730. The molecule has 0 radical (unpaired) electrons. The molecule has 58 valence electrons. The average molecular weight is 143 g/mol. The zero-order chi connectivity index (χ0) is 7.56. The summed E-state index contributed by atoms with van der Waals surface area (Å²) in [6.45, 7) is 1.94. The summed E-state index contributed by atoms with van der Waals surface area (Å²) in [5.41, 5.74) is 0. The Kier molecular flexibility index (Phi) is 2.14. The molecule has 0 saturated heterocycles. The number of amides is 1. The van der Waals surface area contributed by atoms with E-state index in [4.69, 9.17) is 4.74 Å². The van der Waals surface area contributed by atoms with Crippen molar-refractivity contribution in [1.82, 2.24) is 5.32 Å². The van der Waals surface area contributed by atoms with Gasteiger partial charge in [-0.1, -0.05) is 0 Å². The van der Waals surface area contributed by atoms with Crippen molar-refractivity contribution in [3.63, 3.8) is 0 Å². The molecule has 1 saturated carbocycles. The standard InChI is InChI=1S/C7H13NO2/c1-5(6-3-4-6)10-7(9)8-2/h5-6H,3-4H2,1-2H3,(H,8,9)/t5-/m1/s1. The summed E-state index contributed by atoms with van der Waals surface area (Å²) in [4.78, 5) is 10.6. The summed E-state index contributed by atoms with van der Waals surface area (Å²) in [7, 11) is 1.57. The maximum Gasteiger partial charge on any atom is 0.407 e. The molecule has 1 N–H and O–H groups in total. The molecule has 0 aromatic carbocycles. The van der Waals surface area contributed by atoms with Crippen molar-refractivity contribution in [3.05, 3.63) is 0 Å². The molecule has 0 aliphatic heterocycles. The molecule has 0 heterocycles. The van der Waals surface area contributed by atoms with E-state index < -0.39 is 0 Å². The predicted octanol–water partition coefficient (Wildman–Crippen LogP) is 1.14. The Morgan fingerprint density at radius 1 is 1.70 bits per heavy atom. The molecule has 0 aromatic rings. The van der Waals surface area contributed by atoms with Gasteiger partial charge in [0.2, 0.25) is 0 Å². The van der Waals surface area contributed by atoms with Gasteiger partial charge in [-0.15, -0.1) is 0 Å². The molecular weight excluding hydrogens is 130 g/mol. The number of carbonyl (C=O) groups is 1. The fraction of sp³-hybridized carbons (Fsp3) is 0.857. The number of hydrogen-bond acceptors (Lipinski definition) is 2. The number of alkyl carbamates (subject to hydrolysis) is 1. The fourth-order valence-electron chi connectivity index (χ4n) is 0.890. The van der Waals surface area contributed by atoms with Gasteiger partial charge < -0.3 is 10.1 Å². The number of hydrogen-bond donors (Lipinski definition) is 1. The number of rotatable bonds is 2. The van der Waals surface area contributed by atoms with E-state index in [1.165, 1.54) is 12.8 Å². The number of nitrogens with one attached hydrogen (secondary N) is 1. The van der Waals surface area contributed by atoms with Crippen LogP contribution in [0.4, 0.5) is 4.79 Å². The van der Waals surface area contributed by atoms with Crippen molar-refractivity contribution < 1.29 is 9.53 Å². The Bertz CT molecular complexity index is 132. The number of carbonyl (C=O) groups excluding carboxylic acids is 1. The molecule has 3 heteroatoms. The van der Waals surface area contributed by atoms with Crippen LogP contribution < -0.4 is 5.32 Å². The van der Waals surface area contributed by atoms with Crippen molar-refractivity contribution in [3.8, 4) is 0 Å². The maximum absolute atomic E-state index is 10.6. The lowest BCUT2D eigenvalue weighted by Crippen LogP contribution is -2.25. The van der Waals surface area contributed by atoms with Crippen LogP contribution in [0.1, 0.15) is 19.8 Å². The molecule has 1 atom stereocenters. The smallest absolute Gasteiger partial charge is 0.407 e. The van der Waals surface area contributed by atoms with Gasteiger partial charge in [0, 0.05) is 7.05 Å². The monoisotopic (exact) mass is 143 g/mol. The van der Waals surface area contributed by atoms with Crippen molar-refractivity contribution >= 4 is 6.09 Å². The number of ether oxygens (including phenoxy) is 1. The second kappa shape index (κ2) is 2.90. The highest BCUT2D eigenvalue weighted by Crippen LogP contribution is 2.33. The molecule has 1 amide bonds. The van der Waals surface area contributed by atoms with Crippen LogP contribution in [0.15, 0.2) is 0 Å². The lowest BCUT2D eigenvalue weighted by molar-refractivity contribution is 0.0973. The van der Waals surface area contributed by atoms with Gasteiger partial charge in [-0.05, 0) is 25.7 Å². The molecule has 10 heavy (non-hydrogen) atoms. The molecule has 3 nitrogen and oxygen atoms in total. The molecule has 0 aromatic heterocycles. The van der Waals surface area contributed by atoms with Crippen molar-refractivity contribution in [2.75, 3.05) is 7.05 Å². The lowest BCUT2D eigenvalue weighted by atomic mass is 10.3. The third kappa shape index (κ3) is 1.90. The molecule has 0 unspecified atom stereocenters. The van der Waals surface area contributed by atoms with Gasteiger partial charge in [-0.25, -0.2) is 4.79 Å². The fourth-order valence-corrected chi connectivity index (χ4v) is 0.890. The van der Waals surface area contributed by atoms with Crippen LogP contribution in [0.3, 0.4) is 0 Å². The van der Waals surface area contributed by atoms with Crippen LogP contribution >= 0.6 is 0 Å². The largest absolute Gasteiger partial charge is 0.446 e. The van der Waals surface area contributed by atoms with E-state index in [-0.39, 0.29) is 12.2 Å². The summed E-state index contributed by atoms with van der Waals surface area (Å²) in [6.07, 6.45) is 2.19. The van der Waals surface area contributed by atoms with Gasteiger partial charge in [0.05, 0.1) is 0 Å². The van der Waals surface area contributed by atoms with Crippen LogP contribution in [0, 0.1) is 5.92 Å². The summed E-state index contributed by atoms with van der Waals surface area (Å²) >= 11 is 0. The first-order chi connectivity index (χ1) is 4.74. The van der Waals surface area contributed by atoms with Gasteiger partial charge in [0.25, 0.3) is 0 Å². The zero-order valence-corrected chi connectivity index (χ0v) is 6.39. The van der Waals surface area contributed by atoms with Crippen LogP contribution in [-0.2, 0) is 4.74 Å². The molecule has 0 spiro atoms. The normalized spacial score (nSPS) is 19.8. The van der Waals surface area contributed by atoms with Crippen molar-refractivity contribution in [1.29, 1.82) is 0 Å². The molecule has 1 fully saturated rings. The van der Waals surface area contributed by atoms with Gasteiger partial charge in [0.1, 0.15) is 6.10 Å². The van der Waals surface area contributed by atoms with E-state index in [2.05, 4.69) is 5.32 Å². The van der Waals surface area contributed by atoms with Crippen molar-refractivity contribution in [2.45, 2.75) is 25.9 Å². The lowest BCUT2D eigenvalue weighted by Gasteiger charge is -2.10. The van der Waals surface area contributed by atoms with Gasteiger partial charge >= 0.3 is 6.09 Å². The summed E-state index contributed by atoms with van der Waals surface area (Å²) in [5.74, 6) is 0.622. The van der Waals surface area contributed by atoms with E-state index in [0.29, 0.717) is 5.92 Å². The minimum atomic E-state index is -0.320. The van der Waals surface area contributed by atoms with Gasteiger partial charge in [-0.2, -0.15) is 0 Å². The Labute approximate surface area is 60.7 Å². The highest BCUT2D eigenvalue weighted by Gasteiger charge is 2.30. The van der Waals surface area contributed by atoms with Crippen LogP contribution in [0.25, 0.3) is 0 Å². The quantitative estimate of drug-likeness (QED) is 0.629. The van der Waals surface area contributed by atoms with E-state index >= 15 is 0 Å².